The van der Waals surface area contributed by atoms with Crippen LogP contribution in [0.1, 0.15) is 65.3 Å². The van der Waals surface area contributed by atoms with Crippen LogP contribution >= 0.6 is 0 Å². The number of rotatable bonds is 14. The summed E-state index contributed by atoms with van der Waals surface area (Å²) in [4.78, 5) is 49.9. The molecule has 66 heavy (non-hydrogen) atoms. The van der Waals surface area contributed by atoms with E-state index in [1.165, 1.54) is 48.5 Å². The predicted molar refractivity (Wildman–Crippen MR) is 248 cm³/mol. The number of phenols is 2. The van der Waals surface area contributed by atoms with Crippen molar-refractivity contribution in [2.24, 2.45) is 23.7 Å². The molecule has 0 bridgehead atoms. The molecule has 6 aromatic rings. The van der Waals surface area contributed by atoms with Gasteiger partial charge in [0.1, 0.15) is 59.2 Å². The highest BCUT2D eigenvalue weighted by Crippen LogP contribution is 2.34. The summed E-state index contributed by atoms with van der Waals surface area (Å²) in [5.41, 5.74) is 2.17. The van der Waals surface area contributed by atoms with E-state index in [1.54, 1.807) is 48.5 Å². The largest absolute Gasteiger partial charge is 0.508 e. The van der Waals surface area contributed by atoms with Crippen LogP contribution in [0.3, 0.4) is 0 Å². The maximum Gasteiger partial charge on any atom is 0.314 e. The molecule has 0 radical (unpaired) electrons. The fourth-order valence-electron chi connectivity index (χ4n) is 7.65. The van der Waals surface area contributed by atoms with Gasteiger partial charge in [0, 0.05) is 2.85 Å². The van der Waals surface area contributed by atoms with Gasteiger partial charge in [-0.2, -0.15) is 0 Å². The Hall–Kier alpha value is -7.60. The first-order valence-electron chi connectivity index (χ1n) is 22.1. The van der Waals surface area contributed by atoms with Crippen molar-refractivity contribution in [2.45, 2.75) is 64.6 Å². The first-order chi connectivity index (χ1) is 32.1. The number of aromatic hydroxyl groups is 2. The van der Waals surface area contributed by atoms with E-state index in [-0.39, 0.29) is 61.9 Å². The summed E-state index contributed by atoms with van der Waals surface area (Å²) in [5.74, 6) is 1.23. The quantitative estimate of drug-likeness (QED) is 0.0786. The van der Waals surface area contributed by atoms with E-state index in [2.05, 4.69) is 0 Å². The van der Waals surface area contributed by atoms with E-state index in [9.17, 15) is 29.4 Å². The van der Waals surface area contributed by atoms with E-state index >= 15 is 0 Å². The van der Waals surface area contributed by atoms with Crippen LogP contribution < -0.4 is 28.4 Å². The summed E-state index contributed by atoms with van der Waals surface area (Å²) >= 11 is 0. The summed E-state index contributed by atoms with van der Waals surface area (Å²) in [6, 6.07) is 45.9. The molecule has 12 heteroatoms. The monoisotopic (exact) mass is 896 g/mol. The lowest BCUT2D eigenvalue weighted by molar-refractivity contribution is -0.145. The number of esters is 4. The minimum Gasteiger partial charge on any atom is -0.508 e. The van der Waals surface area contributed by atoms with Gasteiger partial charge in [0.15, 0.2) is 0 Å². The van der Waals surface area contributed by atoms with Crippen molar-refractivity contribution in [1.82, 2.24) is 0 Å². The molecule has 0 unspecified atom stereocenters. The van der Waals surface area contributed by atoms with Crippen LogP contribution in [0.15, 0.2) is 158 Å². The van der Waals surface area contributed by atoms with E-state index in [0.717, 1.165) is 11.1 Å². The van der Waals surface area contributed by atoms with Crippen molar-refractivity contribution in [3.05, 3.63) is 169 Å². The van der Waals surface area contributed by atoms with Gasteiger partial charge in [-0.25, -0.2) is 0 Å². The summed E-state index contributed by atoms with van der Waals surface area (Å²) < 4.78 is 33.4. The summed E-state index contributed by atoms with van der Waals surface area (Å²) in [6.45, 7) is 0.945. The van der Waals surface area contributed by atoms with Gasteiger partial charge in [0.2, 0.25) is 0 Å². The number of phenolic OH excluding ortho intramolecular Hbond substituents is 2. The third-order valence-electron chi connectivity index (χ3n) is 11.5. The van der Waals surface area contributed by atoms with Gasteiger partial charge in [-0.15, -0.1) is 0 Å². The second kappa shape index (κ2) is 23.4. The average molecular weight is 897 g/mol. The van der Waals surface area contributed by atoms with Crippen LogP contribution in [0, 0.1) is 23.7 Å². The molecule has 0 spiro atoms. The van der Waals surface area contributed by atoms with E-state index in [1.807, 2.05) is 60.7 Å². The van der Waals surface area contributed by atoms with Crippen LogP contribution in [-0.4, -0.2) is 34.1 Å². The Labute approximate surface area is 386 Å². The molecule has 8 rings (SSSR count). The summed E-state index contributed by atoms with van der Waals surface area (Å²) in [7, 11) is 0. The maximum atomic E-state index is 12.7. The molecule has 2 fully saturated rings. The molecule has 2 saturated carbocycles. The van der Waals surface area contributed by atoms with Crippen LogP contribution in [0.25, 0.3) is 0 Å². The fraction of sp³-hybridized carbons (Fsp3) is 0.259. The average Bonchev–Trinajstić information content (AvgIpc) is 3.36. The molecule has 0 saturated heterocycles. The molecule has 12 nitrogen and oxygen atoms in total. The molecule has 0 heterocycles. The first kappa shape index (κ1) is 46.4. The number of hydrogen-bond acceptors (Lipinski definition) is 12. The Bertz CT molecular complexity index is 2290. The van der Waals surface area contributed by atoms with Crippen molar-refractivity contribution in [3.8, 4) is 46.0 Å². The summed E-state index contributed by atoms with van der Waals surface area (Å²) in [6.07, 6.45) is 4.59. The Morgan fingerprint density at radius 1 is 0.348 bits per heavy atom. The second-order valence-electron chi connectivity index (χ2n) is 16.3. The van der Waals surface area contributed by atoms with Crippen LogP contribution in [-0.2, 0) is 32.4 Å². The van der Waals surface area contributed by atoms with Gasteiger partial charge >= 0.3 is 23.9 Å². The van der Waals surface area contributed by atoms with Crippen molar-refractivity contribution in [1.29, 1.82) is 0 Å². The third-order valence-corrected chi connectivity index (χ3v) is 11.5. The number of benzene rings is 6. The highest BCUT2D eigenvalue weighted by atomic mass is 16.5. The van der Waals surface area contributed by atoms with Gasteiger partial charge in [0.05, 0.1) is 23.7 Å². The smallest absolute Gasteiger partial charge is 0.314 e. The predicted octanol–water partition coefficient (Wildman–Crippen LogP) is 11.1. The SMILES string of the molecule is O=C(Oc1ccc(O)cc1)C1CCC(C(=O)Oc2ccc(O)cc2)CC1.O=C(Oc1ccc(OCc2ccccc2)cc1)C1CCC(C(=O)Oc2ccc(OCc3ccccc3)cc2)CC1.[HH].[HH]. The molecule has 0 aliphatic heterocycles. The van der Waals surface area contributed by atoms with Gasteiger partial charge in [0.25, 0.3) is 0 Å². The first-order valence-corrected chi connectivity index (χ1v) is 22.1. The lowest BCUT2D eigenvalue weighted by Crippen LogP contribution is -2.30. The molecule has 0 amide bonds. The Balaban J connectivity index is 0.000000269. The highest BCUT2D eigenvalue weighted by molar-refractivity contribution is 5.79. The van der Waals surface area contributed by atoms with Gasteiger partial charge in [-0.3, -0.25) is 19.2 Å². The summed E-state index contributed by atoms with van der Waals surface area (Å²) in [5, 5.41) is 18.5. The zero-order chi connectivity index (χ0) is 46.1. The Kier molecular flexibility index (Phi) is 16.4. The van der Waals surface area contributed by atoms with Crippen molar-refractivity contribution in [2.75, 3.05) is 0 Å². The minimum absolute atomic E-state index is 0. The molecule has 2 N–H and O–H groups in total. The molecular formula is C54H56O12. The molecule has 2 aliphatic rings. The van der Waals surface area contributed by atoms with Crippen molar-refractivity contribution in [3.63, 3.8) is 0 Å². The molecule has 0 atom stereocenters. The topological polar surface area (TPSA) is 164 Å². The van der Waals surface area contributed by atoms with Crippen molar-refractivity contribution < 1.29 is 60.7 Å². The minimum atomic E-state index is -0.318. The van der Waals surface area contributed by atoms with Crippen molar-refractivity contribution >= 4 is 23.9 Å². The standard InChI is InChI=1S/C34H32O6.C20H20O6.2H2/c35-33(39-31-19-15-29(16-20-31)37-23-25-7-3-1-4-8-25)27-11-13-28(14-12-27)34(36)40-32-21-17-30(18-22-32)38-24-26-9-5-2-6-10-26;21-15-5-9-17(10-6-15)25-19(23)13-1-2-14(4-3-13)20(24)26-18-11-7-16(22)8-12-18;;/h1-10,15-22,27-28H,11-14,23-24H2;5-14,21-22H,1-4H2;2*1H. The van der Waals surface area contributed by atoms with E-state index < -0.39 is 0 Å². The van der Waals surface area contributed by atoms with E-state index in [0.29, 0.717) is 99.1 Å². The lowest BCUT2D eigenvalue weighted by Gasteiger charge is -2.25. The maximum absolute atomic E-state index is 12.7. The van der Waals surface area contributed by atoms with Gasteiger partial charge < -0.3 is 38.6 Å². The van der Waals surface area contributed by atoms with Crippen LogP contribution in [0.2, 0.25) is 0 Å². The molecule has 344 valence electrons. The van der Waals surface area contributed by atoms with E-state index in [4.69, 9.17) is 28.4 Å². The zero-order valence-corrected chi connectivity index (χ0v) is 36.4. The zero-order valence-electron chi connectivity index (χ0n) is 36.4. The van der Waals surface area contributed by atoms with Crippen LogP contribution in [0.5, 0.6) is 46.0 Å². The molecule has 0 aromatic heterocycles. The lowest BCUT2D eigenvalue weighted by atomic mass is 9.82. The van der Waals surface area contributed by atoms with Gasteiger partial charge in [-0.1, -0.05) is 60.7 Å². The molecule has 6 aromatic carbocycles. The highest BCUT2D eigenvalue weighted by Gasteiger charge is 2.33. The van der Waals surface area contributed by atoms with Gasteiger partial charge in [-0.05, 0) is 160 Å². The molecule has 2 aliphatic carbocycles. The fourth-order valence-corrected chi connectivity index (χ4v) is 7.65. The number of carbonyl (C=O) groups excluding carboxylic acids is 4. The number of hydrogen-bond donors (Lipinski definition) is 2. The van der Waals surface area contributed by atoms with Crippen LogP contribution in [0.4, 0.5) is 0 Å². The Morgan fingerprint density at radius 2 is 0.576 bits per heavy atom. The Morgan fingerprint density at radius 3 is 0.833 bits per heavy atom. The second-order valence-corrected chi connectivity index (χ2v) is 16.3. The number of carbonyl (C=O) groups is 4. The molecular weight excluding hydrogens is 841 g/mol. The third kappa shape index (κ3) is 14.2. The number of ether oxygens (including phenoxy) is 6. The normalized spacial score (nSPS) is 17.7.